The van der Waals surface area contributed by atoms with E-state index in [-0.39, 0.29) is 12.5 Å². The van der Waals surface area contributed by atoms with Gasteiger partial charge < -0.3 is 10.4 Å². The molecule has 0 aliphatic carbocycles. The van der Waals surface area contributed by atoms with Crippen LogP contribution in [0.25, 0.3) is 0 Å². The van der Waals surface area contributed by atoms with Crippen molar-refractivity contribution >= 4 is 40.4 Å². The van der Waals surface area contributed by atoms with Gasteiger partial charge in [0.25, 0.3) is 0 Å². The third-order valence-electron chi connectivity index (χ3n) is 2.89. The molecule has 2 rings (SSSR count). The Morgan fingerprint density at radius 3 is 2.52 bits per heavy atom. The second-order valence-corrected chi connectivity index (χ2v) is 6.96. The number of benzene rings is 1. The third-order valence-corrected chi connectivity index (χ3v) is 4.33. The van der Waals surface area contributed by atoms with Gasteiger partial charge in [0.2, 0.25) is 5.91 Å². The first-order valence-corrected chi connectivity index (χ1v) is 7.97. The molecule has 0 radical (unpaired) electrons. The van der Waals surface area contributed by atoms with Crippen LogP contribution in [-0.4, -0.2) is 17.6 Å². The first kappa shape index (κ1) is 16.3. The molecular weight excluding hydrogens is 329 g/mol. The molecule has 3 nitrogen and oxygen atoms in total. The van der Waals surface area contributed by atoms with E-state index < -0.39 is 6.10 Å². The number of carbonyl (C=O) groups is 1. The predicted molar refractivity (Wildman–Crippen MR) is 87.2 cm³/mol. The van der Waals surface area contributed by atoms with Gasteiger partial charge in [-0.25, -0.2) is 0 Å². The van der Waals surface area contributed by atoms with E-state index in [1.54, 1.807) is 29.5 Å². The molecule has 0 bridgehead atoms. The normalized spacial score (nSPS) is 12.2. The number of thiophene rings is 1. The lowest BCUT2D eigenvalue weighted by Crippen LogP contribution is -2.29. The van der Waals surface area contributed by atoms with Gasteiger partial charge in [-0.1, -0.05) is 23.2 Å². The Hall–Kier alpha value is -1.07. The van der Waals surface area contributed by atoms with Crippen molar-refractivity contribution in [2.24, 2.45) is 0 Å². The van der Waals surface area contributed by atoms with E-state index in [9.17, 15) is 9.90 Å². The molecule has 21 heavy (non-hydrogen) atoms. The van der Waals surface area contributed by atoms with Crippen LogP contribution in [0, 0.1) is 6.92 Å². The summed E-state index contributed by atoms with van der Waals surface area (Å²) in [5.74, 6) is -0.121. The topological polar surface area (TPSA) is 49.3 Å². The van der Waals surface area contributed by atoms with Crippen LogP contribution < -0.4 is 5.32 Å². The minimum Gasteiger partial charge on any atom is -0.387 e. The average Bonchev–Trinajstić information content (AvgIpc) is 2.80. The van der Waals surface area contributed by atoms with E-state index in [1.165, 1.54) is 4.88 Å². The van der Waals surface area contributed by atoms with Crippen molar-refractivity contribution in [3.8, 4) is 0 Å². The Kier molecular flexibility index (Phi) is 5.65. The van der Waals surface area contributed by atoms with Crippen molar-refractivity contribution in [1.82, 2.24) is 5.32 Å². The first-order chi connectivity index (χ1) is 9.94. The summed E-state index contributed by atoms with van der Waals surface area (Å²) in [5.41, 5.74) is 0.583. The molecule has 0 saturated heterocycles. The Bertz CT molecular complexity index is 622. The smallest absolute Gasteiger partial charge is 0.225 e. The maximum absolute atomic E-state index is 11.8. The Labute approximate surface area is 137 Å². The molecule has 2 aromatic rings. The number of aliphatic hydroxyl groups is 1. The van der Waals surface area contributed by atoms with Crippen LogP contribution in [0.15, 0.2) is 30.3 Å². The summed E-state index contributed by atoms with van der Waals surface area (Å²) in [6, 6.07) is 8.78. The number of hydrogen-bond acceptors (Lipinski definition) is 3. The molecule has 1 aromatic carbocycles. The maximum Gasteiger partial charge on any atom is 0.225 e. The Morgan fingerprint density at radius 1 is 1.29 bits per heavy atom. The SMILES string of the molecule is Cc1ccc(CC(=O)NCC(O)c2cc(Cl)cc(Cl)c2)s1. The molecule has 6 heteroatoms. The lowest BCUT2D eigenvalue weighted by atomic mass is 10.1. The summed E-state index contributed by atoms with van der Waals surface area (Å²) in [6.07, 6.45) is -0.517. The van der Waals surface area contributed by atoms with Gasteiger partial charge in [0.05, 0.1) is 12.5 Å². The van der Waals surface area contributed by atoms with Gasteiger partial charge in [-0.05, 0) is 42.8 Å². The largest absolute Gasteiger partial charge is 0.387 e. The van der Waals surface area contributed by atoms with Crippen LogP contribution in [0.4, 0.5) is 0 Å². The van der Waals surface area contributed by atoms with Crippen LogP contribution in [0.1, 0.15) is 21.4 Å². The van der Waals surface area contributed by atoms with Crippen LogP contribution in [0.3, 0.4) is 0 Å². The van der Waals surface area contributed by atoms with Crippen molar-refractivity contribution in [1.29, 1.82) is 0 Å². The van der Waals surface area contributed by atoms with Crippen molar-refractivity contribution in [3.63, 3.8) is 0 Å². The van der Waals surface area contributed by atoms with Crippen LogP contribution in [0.5, 0.6) is 0 Å². The summed E-state index contributed by atoms with van der Waals surface area (Å²) in [6.45, 7) is 2.12. The van der Waals surface area contributed by atoms with Crippen LogP contribution in [0.2, 0.25) is 10.0 Å². The second-order valence-electron chi connectivity index (χ2n) is 4.71. The van der Waals surface area contributed by atoms with Crippen molar-refractivity contribution < 1.29 is 9.90 Å². The number of amides is 1. The fraction of sp³-hybridized carbons (Fsp3) is 0.267. The highest BCUT2D eigenvalue weighted by atomic mass is 35.5. The molecule has 1 amide bonds. The molecule has 0 saturated carbocycles. The Morgan fingerprint density at radius 2 is 1.95 bits per heavy atom. The number of halogens is 2. The van der Waals surface area contributed by atoms with Crippen LogP contribution in [-0.2, 0) is 11.2 Å². The molecule has 2 N–H and O–H groups in total. The number of rotatable bonds is 5. The molecule has 0 aliphatic rings. The minimum atomic E-state index is -0.838. The van der Waals surface area contributed by atoms with Crippen molar-refractivity contribution in [2.75, 3.05) is 6.54 Å². The zero-order valence-electron chi connectivity index (χ0n) is 11.4. The lowest BCUT2D eigenvalue weighted by Gasteiger charge is -2.13. The van der Waals surface area contributed by atoms with E-state index in [4.69, 9.17) is 23.2 Å². The molecule has 1 atom stereocenters. The highest BCUT2D eigenvalue weighted by molar-refractivity contribution is 7.12. The average molecular weight is 344 g/mol. The number of carbonyl (C=O) groups excluding carboxylic acids is 1. The van der Waals surface area contributed by atoms with Gasteiger partial charge >= 0.3 is 0 Å². The predicted octanol–water partition coefficient (Wildman–Crippen LogP) is 3.76. The van der Waals surface area contributed by atoms with Gasteiger partial charge in [-0.15, -0.1) is 11.3 Å². The van der Waals surface area contributed by atoms with Gasteiger partial charge in [0.15, 0.2) is 0 Å². The number of hydrogen-bond donors (Lipinski definition) is 2. The van der Waals surface area contributed by atoms with Gasteiger partial charge in [0.1, 0.15) is 0 Å². The van der Waals surface area contributed by atoms with Gasteiger partial charge in [0, 0.05) is 26.3 Å². The molecule has 0 aliphatic heterocycles. The van der Waals surface area contributed by atoms with E-state index in [0.717, 1.165) is 4.88 Å². The molecular formula is C15H15Cl2NO2S. The molecule has 0 spiro atoms. The van der Waals surface area contributed by atoms with Crippen molar-refractivity contribution in [2.45, 2.75) is 19.4 Å². The summed E-state index contributed by atoms with van der Waals surface area (Å²) in [5, 5.41) is 13.7. The second kappa shape index (κ2) is 7.27. The van der Waals surface area contributed by atoms with E-state index >= 15 is 0 Å². The molecule has 1 aromatic heterocycles. The minimum absolute atomic E-state index is 0.121. The van der Waals surface area contributed by atoms with Crippen LogP contribution >= 0.6 is 34.5 Å². The number of aryl methyl sites for hydroxylation is 1. The number of nitrogens with one attached hydrogen (secondary N) is 1. The lowest BCUT2D eigenvalue weighted by molar-refractivity contribution is -0.120. The van der Waals surface area contributed by atoms with Gasteiger partial charge in [-0.3, -0.25) is 4.79 Å². The standard InChI is InChI=1S/C15H15Cl2NO2S/c1-9-2-3-13(21-9)7-15(20)18-8-14(19)10-4-11(16)6-12(17)5-10/h2-6,14,19H,7-8H2,1H3,(H,18,20). The summed E-state index contributed by atoms with van der Waals surface area (Å²) < 4.78 is 0. The van der Waals surface area contributed by atoms with Crippen molar-refractivity contribution in [3.05, 3.63) is 55.7 Å². The summed E-state index contributed by atoms with van der Waals surface area (Å²) in [4.78, 5) is 14.0. The fourth-order valence-electron chi connectivity index (χ4n) is 1.90. The highest BCUT2D eigenvalue weighted by Crippen LogP contribution is 2.23. The molecule has 0 fully saturated rings. The Balaban J connectivity index is 1.88. The van der Waals surface area contributed by atoms with E-state index in [0.29, 0.717) is 22.0 Å². The first-order valence-electron chi connectivity index (χ1n) is 6.40. The summed E-state index contributed by atoms with van der Waals surface area (Å²) >= 11 is 13.4. The van der Waals surface area contributed by atoms with E-state index in [2.05, 4.69) is 5.32 Å². The zero-order chi connectivity index (χ0) is 15.4. The van der Waals surface area contributed by atoms with E-state index in [1.807, 2.05) is 19.1 Å². The number of aliphatic hydroxyl groups excluding tert-OH is 1. The maximum atomic E-state index is 11.8. The fourth-order valence-corrected chi connectivity index (χ4v) is 3.33. The zero-order valence-corrected chi connectivity index (χ0v) is 13.7. The molecule has 112 valence electrons. The van der Waals surface area contributed by atoms with Gasteiger partial charge in [-0.2, -0.15) is 0 Å². The quantitative estimate of drug-likeness (QED) is 0.868. The molecule has 1 unspecified atom stereocenters. The molecule has 1 heterocycles. The highest BCUT2D eigenvalue weighted by Gasteiger charge is 2.12. The summed E-state index contributed by atoms with van der Waals surface area (Å²) in [7, 11) is 0. The third kappa shape index (κ3) is 5.00. The monoisotopic (exact) mass is 343 g/mol.